The SMILES string of the molecule is C[C@@H]([NH2+]CCn1c(=O)c2c(ncn2C)n(C)c1=O)c1ccccc1. The third kappa shape index (κ3) is 2.78. The van der Waals surface area contributed by atoms with Crippen LogP contribution in [0.2, 0.25) is 0 Å². The summed E-state index contributed by atoms with van der Waals surface area (Å²) in [5.74, 6) is 0. The molecule has 0 spiro atoms. The minimum atomic E-state index is -0.327. The predicted molar refractivity (Wildman–Crippen MR) is 91.9 cm³/mol. The number of benzene rings is 1. The summed E-state index contributed by atoms with van der Waals surface area (Å²) in [5, 5.41) is 2.13. The number of quaternary nitrogens is 1. The molecule has 24 heavy (non-hydrogen) atoms. The van der Waals surface area contributed by atoms with E-state index in [1.807, 2.05) is 18.2 Å². The van der Waals surface area contributed by atoms with E-state index >= 15 is 0 Å². The van der Waals surface area contributed by atoms with Gasteiger partial charge in [-0.25, -0.2) is 9.78 Å². The van der Waals surface area contributed by atoms with Crippen molar-refractivity contribution in [2.75, 3.05) is 6.54 Å². The van der Waals surface area contributed by atoms with Gasteiger partial charge >= 0.3 is 5.69 Å². The monoisotopic (exact) mass is 328 g/mol. The van der Waals surface area contributed by atoms with Crippen LogP contribution in [0, 0.1) is 0 Å². The summed E-state index contributed by atoms with van der Waals surface area (Å²) < 4.78 is 4.37. The van der Waals surface area contributed by atoms with E-state index in [1.165, 1.54) is 14.7 Å². The molecule has 2 heterocycles. The van der Waals surface area contributed by atoms with Gasteiger partial charge in [0.25, 0.3) is 5.56 Å². The van der Waals surface area contributed by atoms with E-state index < -0.39 is 0 Å². The molecule has 1 atom stereocenters. The average Bonchev–Trinajstić information content (AvgIpc) is 2.98. The second kappa shape index (κ2) is 6.45. The van der Waals surface area contributed by atoms with Crippen LogP contribution in [0.25, 0.3) is 11.2 Å². The van der Waals surface area contributed by atoms with Crippen molar-refractivity contribution in [3.63, 3.8) is 0 Å². The highest BCUT2D eigenvalue weighted by molar-refractivity contribution is 5.69. The van der Waals surface area contributed by atoms with Gasteiger partial charge in [-0.1, -0.05) is 30.3 Å². The number of imidazole rings is 1. The molecule has 0 saturated carbocycles. The van der Waals surface area contributed by atoms with E-state index in [1.54, 1.807) is 25.0 Å². The number of fused-ring (bicyclic) bond motifs is 1. The Balaban J connectivity index is 1.82. The van der Waals surface area contributed by atoms with Gasteiger partial charge in [0.2, 0.25) is 0 Å². The lowest BCUT2D eigenvalue weighted by Crippen LogP contribution is -2.85. The summed E-state index contributed by atoms with van der Waals surface area (Å²) in [6, 6.07) is 10.4. The van der Waals surface area contributed by atoms with Crippen molar-refractivity contribution >= 4 is 11.2 Å². The smallest absolute Gasteiger partial charge is 0.332 e. The van der Waals surface area contributed by atoms with Gasteiger partial charge in [-0.05, 0) is 6.92 Å². The standard InChI is InChI=1S/C17H21N5O2/c1-12(13-7-5-4-6-8-13)18-9-10-22-16(23)14-15(19-11-20(14)2)21(3)17(22)24/h4-8,11-12,18H,9-10H2,1-3H3/p+1/t12-/m1/s1. The zero-order valence-electron chi connectivity index (χ0n) is 14.1. The molecule has 0 unspecified atom stereocenters. The number of hydrogen-bond acceptors (Lipinski definition) is 3. The Labute approximate surface area is 139 Å². The Hall–Kier alpha value is -2.67. The summed E-state index contributed by atoms with van der Waals surface area (Å²) in [7, 11) is 3.40. The third-order valence-electron chi connectivity index (χ3n) is 4.40. The van der Waals surface area contributed by atoms with Crippen LogP contribution in [0.3, 0.4) is 0 Å². The fourth-order valence-corrected chi connectivity index (χ4v) is 2.94. The molecule has 0 bridgehead atoms. The van der Waals surface area contributed by atoms with Gasteiger partial charge in [-0.2, -0.15) is 0 Å². The minimum absolute atomic E-state index is 0.270. The summed E-state index contributed by atoms with van der Waals surface area (Å²) >= 11 is 0. The van der Waals surface area contributed by atoms with E-state index in [9.17, 15) is 9.59 Å². The van der Waals surface area contributed by atoms with Crippen LogP contribution in [0.1, 0.15) is 18.5 Å². The first-order valence-corrected chi connectivity index (χ1v) is 8.00. The van der Waals surface area contributed by atoms with E-state index in [-0.39, 0.29) is 17.3 Å². The van der Waals surface area contributed by atoms with Crippen LogP contribution in [-0.4, -0.2) is 25.2 Å². The molecule has 0 saturated heterocycles. The van der Waals surface area contributed by atoms with Gasteiger partial charge in [0.15, 0.2) is 11.2 Å². The molecule has 3 rings (SSSR count). The summed E-state index contributed by atoms with van der Waals surface area (Å²) in [4.78, 5) is 29.2. The number of hydrogen-bond donors (Lipinski definition) is 1. The number of nitrogens with zero attached hydrogens (tertiary/aromatic N) is 4. The second-order valence-corrected chi connectivity index (χ2v) is 6.05. The third-order valence-corrected chi connectivity index (χ3v) is 4.40. The van der Waals surface area contributed by atoms with E-state index in [4.69, 9.17) is 0 Å². The van der Waals surface area contributed by atoms with Crippen molar-refractivity contribution in [2.24, 2.45) is 14.1 Å². The fourth-order valence-electron chi connectivity index (χ4n) is 2.94. The first kappa shape index (κ1) is 16.2. The highest BCUT2D eigenvalue weighted by Gasteiger charge is 2.15. The normalized spacial score (nSPS) is 12.6. The maximum Gasteiger partial charge on any atom is 0.332 e. The molecule has 1 aromatic carbocycles. The number of rotatable bonds is 5. The molecular formula is C17H22N5O2+. The molecule has 0 amide bonds. The lowest BCUT2D eigenvalue weighted by molar-refractivity contribution is -0.693. The van der Waals surface area contributed by atoms with Gasteiger partial charge < -0.3 is 9.88 Å². The number of aromatic nitrogens is 4. The van der Waals surface area contributed by atoms with E-state index in [0.29, 0.717) is 24.3 Å². The Morgan fingerprint density at radius 1 is 1.17 bits per heavy atom. The molecule has 0 fully saturated rings. The quantitative estimate of drug-likeness (QED) is 0.702. The lowest BCUT2D eigenvalue weighted by Gasteiger charge is -2.12. The van der Waals surface area contributed by atoms with Gasteiger partial charge in [0, 0.05) is 19.7 Å². The van der Waals surface area contributed by atoms with Gasteiger partial charge in [-0.3, -0.25) is 13.9 Å². The first-order chi connectivity index (χ1) is 11.5. The molecular weight excluding hydrogens is 306 g/mol. The molecule has 126 valence electrons. The molecule has 0 aliphatic heterocycles. The van der Waals surface area contributed by atoms with Crippen molar-refractivity contribution < 1.29 is 5.32 Å². The summed E-state index contributed by atoms with van der Waals surface area (Å²) in [5.41, 5.74) is 1.49. The molecule has 0 radical (unpaired) electrons. The number of nitrogens with two attached hydrogens (primary N) is 1. The van der Waals surface area contributed by atoms with Gasteiger partial charge in [0.1, 0.15) is 6.04 Å². The average molecular weight is 328 g/mol. The Kier molecular flexibility index (Phi) is 4.35. The fraction of sp³-hybridized carbons (Fsp3) is 0.353. The largest absolute Gasteiger partial charge is 0.339 e. The number of aryl methyl sites for hydroxylation is 2. The zero-order chi connectivity index (χ0) is 17.3. The minimum Gasteiger partial charge on any atom is -0.339 e. The molecule has 3 aromatic rings. The van der Waals surface area contributed by atoms with Crippen molar-refractivity contribution in [3.8, 4) is 0 Å². The predicted octanol–water partition coefficient (Wildman–Crippen LogP) is -0.242. The highest BCUT2D eigenvalue weighted by Crippen LogP contribution is 2.06. The molecule has 0 aliphatic carbocycles. The topological polar surface area (TPSA) is 78.4 Å². The van der Waals surface area contributed by atoms with Crippen LogP contribution in [0.5, 0.6) is 0 Å². The van der Waals surface area contributed by atoms with Crippen LogP contribution in [0.15, 0.2) is 46.2 Å². The van der Waals surface area contributed by atoms with Gasteiger partial charge in [0.05, 0.1) is 19.4 Å². The molecule has 2 N–H and O–H groups in total. The van der Waals surface area contributed by atoms with E-state index in [0.717, 1.165) is 0 Å². The van der Waals surface area contributed by atoms with Crippen LogP contribution >= 0.6 is 0 Å². The van der Waals surface area contributed by atoms with Crippen molar-refractivity contribution in [1.82, 2.24) is 18.7 Å². The maximum absolute atomic E-state index is 12.6. The first-order valence-electron chi connectivity index (χ1n) is 8.00. The van der Waals surface area contributed by atoms with Crippen LogP contribution in [0.4, 0.5) is 0 Å². The van der Waals surface area contributed by atoms with Gasteiger partial charge in [-0.15, -0.1) is 0 Å². The van der Waals surface area contributed by atoms with E-state index in [2.05, 4.69) is 29.4 Å². The maximum atomic E-state index is 12.6. The Morgan fingerprint density at radius 2 is 1.88 bits per heavy atom. The summed E-state index contributed by atoms with van der Waals surface area (Å²) in [6.07, 6.45) is 1.56. The van der Waals surface area contributed by atoms with Crippen LogP contribution in [-0.2, 0) is 20.6 Å². The molecule has 7 nitrogen and oxygen atoms in total. The second-order valence-electron chi connectivity index (χ2n) is 6.05. The van der Waals surface area contributed by atoms with Crippen LogP contribution < -0.4 is 16.6 Å². The molecule has 2 aromatic heterocycles. The lowest BCUT2D eigenvalue weighted by atomic mass is 10.1. The van der Waals surface area contributed by atoms with Crippen molar-refractivity contribution in [1.29, 1.82) is 0 Å². The highest BCUT2D eigenvalue weighted by atomic mass is 16.2. The summed E-state index contributed by atoms with van der Waals surface area (Å²) in [6.45, 7) is 3.12. The van der Waals surface area contributed by atoms with Crippen molar-refractivity contribution in [3.05, 3.63) is 63.1 Å². The molecule has 0 aliphatic rings. The Morgan fingerprint density at radius 3 is 2.58 bits per heavy atom. The molecule has 7 heteroatoms. The van der Waals surface area contributed by atoms with Crippen molar-refractivity contribution in [2.45, 2.75) is 19.5 Å². The zero-order valence-corrected chi connectivity index (χ0v) is 14.1. The Bertz CT molecular complexity index is 968.